The lowest BCUT2D eigenvalue weighted by Crippen LogP contribution is -2.48. The molecule has 156 valence electrons. The van der Waals surface area contributed by atoms with Crippen molar-refractivity contribution in [1.82, 2.24) is 20.0 Å². The van der Waals surface area contributed by atoms with Crippen LogP contribution in [0.4, 0.5) is 0 Å². The summed E-state index contributed by atoms with van der Waals surface area (Å²) in [5.41, 5.74) is 1.99. The van der Waals surface area contributed by atoms with E-state index in [1.807, 2.05) is 28.4 Å². The predicted molar refractivity (Wildman–Crippen MR) is 112 cm³/mol. The number of rotatable bonds is 5. The number of thiophene rings is 1. The van der Waals surface area contributed by atoms with Gasteiger partial charge in [-0.2, -0.15) is 4.98 Å². The van der Waals surface area contributed by atoms with Crippen LogP contribution in [0.2, 0.25) is 0 Å². The van der Waals surface area contributed by atoms with Gasteiger partial charge >= 0.3 is 0 Å². The summed E-state index contributed by atoms with van der Waals surface area (Å²) in [7, 11) is 0. The van der Waals surface area contributed by atoms with E-state index in [2.05, 4.69) is 26.6 Å². The Morgan fingerprint density at radius 2 is 2.17 bits per heavy atom. The van der Waals surface area contributed by atoms with Crippen molar-refractivity contribution >= 4 is 17.2 Å². The minimum absolute atomic E-state index is 0.184. The fraction of sp³-hybridized carbons (Fsp3) is 0.455. The molecule has 1 fully saturated rings. The number of nitrogens with zero attached hydrogens (tertiary/aromatic N) is 4. The molecular weight excluding hydrogens is 400 g/mol. The molecule has 0 radical (unpaired) electrons. The van der Waals surface area contributed by atoms with E-state index in [4.69, 9.17) is 9.26 Å². The highest BCUT2D eigenvalue weighted by Crippen LogP contribution is 2.43. The maximum atomic E-state index is 12.7. The Hall–Kier alpha value is -2.58. The van der Waals surface area contributed by atoms with Crippen molar-refractivity contribution in [2.24, 2.45) is 0 Å². The third-order valence-corrected chi connectivity index (χ3v) is 7.02. The lowest BCUT2D eigenvalue weighted by molar-refractivity contribution is -0.140. The molecule has 5 heterocycles. The molecule has 3 aromatic heterocycles. The lowest BCUT2D eigenvalue weighted by atomic mass is 9.82. The van der Waals surface area contributed by atoms with Crippen LogP contribution in [0.5, 0.6) is 0 Å². The first-order valence-corrected chi connectivity index (χ1v) is 11.3. The minimum Gasteiger partial charge on any atom is -0.370 e. The molecule has 0 aromatic carbocycles. The van der Waals surface area contributed by atoms with Crippen molar-refractivity contribution in [2.45, 2.75) is 44.1 Å². The number of aryl methyl sites for hydroxylation is 1. The van der Waals surface area contributed by atoms with Gasteiger partial charge in [-0.15, -0.1) is 11.3 Å². The van der Waals surface area contributed by atoms with Gasteiger partial charge in [0.25, 0.3) is 0 Å². The van der Waals surface area contributed by atoms with Crippen LogP contribution in [0, 0.1) is 0 Å². The Bertz CT molecular complexity index is 1010. The van der Waals surface area contributed by atoms with E-state index >= 15 is 0 Å². The van der Waals surface area contributed by atoms with Gasteiger partial charge in [0.2, 0.25) is 17.6 Å². The smallest absolute Gasteiger partial charge is 0.226 e. The number of hydrogen-bond donors (Lipinski definition) is 0. The monoisotopic (exact) mass is 424 g/mol. The summed E-state index contributed by atoms with van der Waals surface area (Å²) < 4.78 is 11.6. The average Bonchev–Trinajstić information content (AvgIpc) is 3.46. The molecule has 0 unspecified atom stereocenters. The van der Waals surface area contributed by atoms with E-state index in [1.165, 1.54) is 10.4 Å². The Morgan fingerprint density at radius 1 is 1.27 bits per heavy atom. The first kappa shape index (κ1) is 19.4. The van der Waals surface area contributed by atoms with Crippen LogP contribution in [0.3, 0.4) is 0 Å². The molecule has 0 aliphatic carbocycles. The number of hydrogen-bond acceptors (Lipinski definition) is 7. The highest BCUT2D eigenvalue weighted by Gasteiger charge is 2.42. The van der Waals surface area contributed by atoms with Crippen molar-refractivity contribution in [3.8, 4) is 11.4 Å². The minimum atomic E-state index is -0.184. The van der Waals surface area contributed by atoms with E-state index in [-0.39, 0.29) is 11.5 Å². The molecule has 3 aromatic rings. The number of fused-ring (bicyclic) bond motifs is 2. The number of aromatic nitrogens is 3. The molecule has 30 heavy (non-hydrogen) atoms. The number of pyridine rings is 1. The molecule has 0 bridgehead atoms. The summed E-state index contributed by atoms with van der Waals surface area (Å²) in [5.74, 6) is 1.28. The summed E-state index contributed by atoms with van der Waals surface area (Å²) in [6, 6.07) is 5.94. The molecule has 0 saturated carbocycles. The van der Waals surface area contributed by atoms with Crippen molar-refractivity contribution in [2.75, 3.05) is 19.7 Å². The largest absolute Gasteiger partial charge is 0.370 e. The van der Waals surface area contributed by atoms with Gasteiger partial charge in [0.15, 0.2) is 0 Å². The average molecular weight is 425 g/mol. The second kappa shape index (κ2) is 8.28. The topological polar surface area (TPSA) is 81.3 Å². The van der Waals surface area contributed by atoms with E-state index in [9.17, 15) is 4.79 Å². The van der Waals surface area contributed by atoms with Crippen LogP contribution in [0.25, 0.3) is 11.4 Å². The van der Waals surface area contributed by atoms with Gasteiger partial charge in [0, 0.05) is 55.2 Å². The fourth-order valence-corrected chi connectivity index (χ4v) is 5.36. The van der Waals surface area contributed by atoms with E-state index in [0.29, 0.717) is 31.0 Å². The van der Waals surface area contributed by atoms with Gasteiger partial charge in [-0.1, -0.05) is 5.16 Å². The fourth-order valence-electron chi connectivity index (χ4n) is 4.41. The van der Waals surface area contributed by atoms with Crippen molar-refractivity contribution in [1.29, 1.82) is 0 Å². The molecular formula is C22H24N4O3S. The van der Waals surface area contributed by atoms with Gasteiger partial charge in [-0.25, -0.2) is 0 Å². The van der Waals surface area contributed by atoms with E-state index in [1.54, 1.807) is 12.4 Å². The number of piperidine rings is 1. The Morgan fingerprint density at radius 3 is 3.00 bits per heavy atom. The number of carbonyl (C=O) groups is 1. The maximum Gasteiger partial charge on any atom is 0.226 e. The quantitative estimate of drug-likeness (QED) is 0.622. The summed E-state index contributed by atoms with van der Waals surface area (Å²) in [6.07, 6.45) is 7.95. The lowest BCUT2D eigenvalue weighted by Gasteiger charge is -2.44. The Labute approximate surface area is 179 Å². The van der Waals surface area contributed by atoms with Crippen LogP contribution in [-0.4, -0.2) is 45.6 Å². The summed E-state index contributed by atoms with van der Waals surface area (Å²) in [6.45, 7) is 2.28. The Balaban J connectivity index is 1.12. The molecule has 1 amide bonds. The number of ether oxygens (including phenoxy) is 1. The van der Waals surface area contributed by atoms with Gasteiger partial charge < -0.3 is 14.2 Å². The maximum absolute atomic E-state index is 12.7. The first-order chi connectivity index (χ1) is 14.7. The predicted octanol–water partition coefficient (Wildman–Crippen LogP) is 3.61. The van der Waals surface area contributed by atoms with Crippen molar-refractivity contribution in [3.05, 3.63) is 52.3 Å². The first-order valence-electron chi connectivity index (χ1n) is 10.5. The van der Waals surface area contributed by atoms with Gasteiger partial charge in [0.1, 0.15) is 0 Å². The van der Waals surface area contributed by atoms with Crippen molar-refractivity contribution in [3.63, 3.8) is 0 Å². The summed E-state index contributed by atoms with van der Waals surface area (Å²) >= 11 is 1.83. The highest BCUT2D eigenvalue weighted by molar-refractivity contribution is 7.10. The van der Waals surface area contributed by atoms with Crippen LogP contribution >= 0.6 is 11.3 Å². The Kier molecular flexibility index (Phi) is 5.35. The highest BCUT2D eigenvalue weighted by atomic mass is 32.1. The zero-order valence-corrected chi connectivity index (χ0v) is 17.6. The molecule has 0 N–H and O–H groups in total. The van der Waals surface area contributed by atoms with Gasteiger partial charge in [-0.05, 0) is 48.4 Å². The number of likely N-dealkylation sites (tertiary alicyclic amines) is 1. The molecule has 1 spiro atoms. The number of amides is 1. The molecule has 2 aliphatic rings. The standard InChI is InChI=1S/C22H24N4O3S/c27-20(5-1-4-19-24-21(25-29-19)16-3-2-10-23-15-16)26-11-8-22(9-12-26)17-7-14-30-18(17)6-13-28-22/h2-3,7,10,14-15H,1,4-6,8-9,11-13H2. The van der Waals surface area contributed by atoms with Crippen LogP contribution in [0.1, 0.15) is 42.0 Å². The van der Waals surface area contributed by atoms with Crippen LogP contribution in [0.15, 0.2) is 40.5 Å². The molecule has 8 heteroatoms. The molecule has 1 saturated heterocycles. The molecule has 0 atom stereocenters. The summed E-state index contributed by atoms with van der Waals surface area (Å²) in [4.78, 5) is 24.6. The second-order valence-electron chi connectivity index (χ2n) is 7.84. The van der Waals surface area contributed by atoms with E-state index < -0.39 is 0 Å². The molecule has 2 aliphatic heterocycles. The molecule has 7 nitrogen and oxygen atoms in total. The summed E-state index contributed by atoms with van der Waals surface area (Å²) in [5, 5.41) is 6.16. The third kappa shape index (κ3) is 3.77. The van der Waals surface area contributed by atoms with Crippen molar-refractivity contribution < 1.29 is 14.1 Å². The SMILES string of the molecule is O=C(CCCc1nc(-c2cccnc2)no1)N1CCC2(CC1)OCCc1sccc12. The van der Waals surface area contributed by atoms with Crippen LogP contribution in [-0.2, 0) is 28.0 Å². The normalized spacial score (nSPS) is 17.8. The van der Waals surface area contributed by atoms with Gasteiger partial charge in [0.05, 0.1) is 12.2 Å². The molecule has 5 rings (SSSR count). The van der Waals surface area contributed by atoms with Crippen LogP contribution < -0.4 is 0 Å². The van der Waals surface area contributed by atoms with E-state index in [0.717, 1.165) is 44.5 Å². The third-order valence-electron chi connectivity index (χ3n) is 6.04. The zero-order chi connectivity index (χ0) is 20.4. The number of carbonyl (C=O) groups excluding carboxylic acids is 1. The van der Waals surface area contributed by atoms with Gasteiger partial charge in [-0.3, -0.25) is 9.78 Å². The zero-order valence-electron chi connectivity index (χ0n) is 16.7. The second-order valence-corrected chi connectivity index (χ2v) is 8.84.